The number of nitrogens with zero attached hydrogens (tertiary/aromatic N) is 2. The summed E-state index contributed by atoms with van der Waals surface area (Å²) >= 11 is 0. The molecule has 0 spiro atoms. The lowest BCUT2D eigenvalue weighted by atomic mass is 10.1. The highest BCUT2D eigenvalue weighted by atomic mass is 16.1. The molecule has 0 aliphatic rings. The van der Waals surface area contributed by atoms with Gasteiger partial charge in [0.1, 0.15) is 5.69 Å². The molecule has 0 amide bonds. The lowest BCUT2D eigenvalue weighted by Crippen LogP contribution is -2.01. The predicted octanol–water partition coefficient (Wildman–Crippen LogP) is 2.02. The summed E-state index contributed by atoms with van der Waals surface area (Å²) < 4.78 is 0. The van der Waals surface area contributed by atoms with Gasteiger partial charge in [0.05, 0.1) is 6.20 Å². The van der Waals surface area contributed by atoms with Crippen molar-refractivity contribution in [1.82, 2.24) is 9.97 Å². The molecule has 1 rings (SSSR count). The number of rotatable bonds is 5. The largest absolute Gasteiger partial charge is 0.292 e. The van der Waals surface area contributed by atoms with Crippen LogP contribution in [0.25, 0.3) is 0 Å². The highest BCUT2D eigenvalue weighted by molar-refractivity contribution is 5.93. The Morgan fingerprint density at radius 3 is 3.00 bits per heavy atom. The number of carbonyl (C=O) groups excluding carboxylic acids is 1. The van der Waals surface area contributed by atoms with Crippen molar-refractivity contribution in [2.75, 3.05) is 0 Å². The van der Waals surface area contributed by atoms with E-state index >= 15 is 0 Å². The zero-order valence-electron chi connectivity index (χ0n) is 7.44. The van der Waals surface area contributed by atoms with Gasteiger partial charge in [-0.15, -0.1) is 6.58 Å². The Balaban J connectivity index is 2.45. The van der Waals surface area contributed by atoms with Gasteiger partial charge in [-0.25, -0.2) is 4.98 Å². The minimum absolute atomic E-state index is 0.0509. The van der Waals surface area contributed by atoms with Crippen molar-refractivity contribution >= 4 is 5.78 Å². The summed E-state index contributed by atoms with van der Waals surface area (Å²) in [7, 11) is 0. The summed E-state index contributed by atoms with van der Waals surface area (Å²) in [5, 5.41) is 0. The molecular formula is C10H12N2O. The summed E-state index contributed by atoms with van der Waals surface area (Å²) in [6, 6.07) is 0. The van der Waals surface area contributed by atoms with Crippen LogP contribution in [0.5, 0.6) is 0 Å². The maximum Gasteiger partial charge on any atom is 0.182 e. The van der Waals surface area contributed by atoms with Crippen molar-refractivity contribution < 1.29 is 4.79 Å². The average molecular weight is 176 g/mol. The van der Waals surface area contributed by atoms with Crippen LogP contribution in [-0.2, 0) is 0 Å². The molecule has 0 aliphatic carbocycles. The van der Waals surface area contributed by atoms with E-state index in [0.717, 1.165) is 12.8 Å². The molecule has 0 atom stereocenters. The van der Waals surface area contributed by atoms with Gasteiger partial charge in [0.25, 0.3) is 0 Å². The molecule has 0 N–H and O–H groups in total. The molecule has 3 nitrogen and oxygen atoms in total. The van der Waals surface area contributed by atoms with Crippen LogP contribution in [0.1, 0.15) is 29.8 Å². The zero-order chi connectivity index (χ0) is 9.52. The van der Waals surface area contributed by atoms with Crippen LogP contribution in [0.3, 0.4) is 0 Å². The fraction of sp³-hybridized carbons (Fsp3) is 0.300. The van der Waals surface area contributed by atoms with Gasteiger partial charge >= 0.3 is 0 Å². The van der Waals surface area contributed by atoms with Crippen molar-refractivity contribution in [2.24, 2.45) is 0 Å². The average Bonchev–Trinajstić information content (AvgIpc) is 2.19. The molecule has 0 saturated carbocycles. The van der Waals surface area contributed by atoms with Crippen LogP contribution in [0.4, 0.5) is 0 Å². The third-order valence-corrected chi connectivity index (χ3v) is 1.66. The molecule has 3 heteroatoms. The first-order valence-corrected chi connectivity index (χ1v) is 4.24. The molecule has 1 aromatic heterocycles. The number of hydrogen-bond donors (Lipinski definition) is 0. The Morgan fingerprint density at radius 2 is 2.38 bits per heavy atom. The predicted molar refractivity (Wildman–Crippen MR) is 50.4 cm³/mol. The van der Waals surface area contributed by atoms with E-state index in [2.05, 4.69) is 16.5 Å². The zero-order valence-corrected chi connectivity index (χ0v) is 7.44. The van der Waals surface area contributed by atoms with E-state index in [1.54, 1.807) is 6.20 Å². The second-order valence-corrected chi connectivity index (χ2v) is 2.69. The minimum Gasteiger partial charge on any atom is -0.292 e. The molecule has 13 heavy (non-hydrogen) atoms. The quantitative estimate of drug-likeness (QED) is 0.391. The third kappa shape index (κ3) is 3.15. The maximum absolute atomic E-state index is 11.4. The number of Topliss-reactive ketones (excluding diaryl/α,β-unsaturated/α-hetero) is 1. The van der Waals surface area contributed by atoms with Gasteiger partial charge in [0.15, 0.2) is 5.78 Å². The number of carbonyl (C=O) groups is 1. The lowest BCUT2D eigenvalue weighted by molar-refractivity contribution is 0.0975. The van der Waals surface area contributed by atoms with Crippen molar-refractivity contribution in [2.45, 2.75) is 19.3 Å². The van der Waals surface area contributed by atoms with Crippen molar-refractivity contribution in [3.63, 3.8) is 0 Å². The van der Waals surface area contributed by atoms with E-state index in [1.165, 1.54) is 12.4 Å². The van der Waals surface area contributed by atoms with Gasteiger partial charge in [0, 0.05) is 18.8 Å². The monoisotopic (exact) mass is 176 g/mol. The molecule has 0 saturated heterocycles. The van der Waals surface area contributed by atoms with Gasteiger partial charge in [0.2, 0.25) is 0 Å². The van der Waals surface area contributed by atoms with Crippen LogP contribution in [-0.4, -0.2) is 15.8 Å². The van der Waals surface area contributed by atoms with Crippen LogP contribution in [0, 0.1) is 0 Å². The molecule has 0 aromatic carbocycles. The smallest absolute Gasteiger partial charge is 0.182 e. The van der Waals surface area contributed by atoms with Crippen LogP contribution in [0.15, 0.2) is 31.2 Å². The molecule has 0 radical (unpaired) electrons. The number of aromatic nitrogens is 2. The first-order chi connectivity index (χ1) is 6.34. The lowest BCUT2D eigenvalue weighted by Gasteiger charge is -1.96. The van der Waals surface area contributed by atoms with Gasteiger partial charge in [-0.2, -0.15) is 0 Å². The highest BCUT2D eigenvalue weighted by Crippen LogP contribution is 2.02. The first-order valence-electron chi connectivity index (χ1n) is 4.24. The van der Waals surface area contributed by atoms with E-state index < -0.39 is 0 Å². The first kappa shape index (κ1) is 9.58. The van der Waals surface area contributed by atoms with Crippen LogP contribution < -0.4 is 0 Å². The molecule has 0 bridgehead atoms. The fourth-order valence-corrected chi connectivity index (χ4v) is 0.978. The summed E-state index contributed by atoms with van der Waals surface area (Å²) in [6.07, 6.45) is 8.61. The fourth-order valence-electron chi connectivity index (χ4n) is 0.978. The molecule has 1 aromatic rings. The summed E-state index contributed by atoms with van der Waals surface area (Å²) in [5.74, 6) is 0.0509. The van der Waals surface area contributed by atoms with Crippen molar-refractivity contribution in [1.29, 1.82) is 0 Å². The molecule has 0 fully saturated rings. The highest BCUT2D eigenvalue weighted by Gasteiger charge is 2.05. The minimum atomic E-state index is 0.0509. The molecule has 68 valence electrons. The van der Waals surface area contributed by atoms with Crippen molar-refractivity contribution in [3.05, 3.63) is 36.9 Å². The van der Waals surface area contributed by atoms with Crippen molar-refractivity contribution in [3.8, 4) is 0 Å². The number of unbranched alkanes of at least 4 members (excludes halogenated alkanes) is 1. The van der Waals surface area contributed by atoms with Gasteiger partial charge in [-0.1, -0.05) is 6.08 Å². The summed E-state index contributed by atoms with van der Waals surface area (Å²) in [5.41, 5.74) is 0.451. The normalized spacial score (nSPS) is 9.54. The Morgan fingerprint density at radius 1 is 1.54 bits per heavy atom. The van der Waals surface area contributed by atoms with Gasteiger partial charge in [-0.05, 0) is 12.8 Å². The molecule has 0 aliphatic heterocycles. The number of hydrogen-bond acceptors (Lipinski definition) is 3. The van der Waals surface area contributed by atoms with Crippen LogP contribution >= 0.6 is 0 Å². The summed E-state index contributed by atoms with van der Waals surface area (Å²) in [4.78, 5) is 19.1. The third-order valence-electron chi connectivity index (χ3n) is 1.66. The Labute approximate surface area is 77.5 Å². The number of allylic oxidation sites excluding steroid dienone is 1. The number of ketones is 1. The van der Waals surface area contributed by atoms with E-state index in [0.29, 0.717) is 12.1 Å². The van der Waals surface area contributed by atoms with E-state index in [1.807, 2.05) is 6.08 Å². The van der Waals surface area contributed by atoms with E-state index in [9.17, 15) is 4.79 Å². The van der Waals surface area contributed by atoms with Crippen LogP contribution in [0.2, 0.25) is 0 Å². The Kier molecular flexibility index (Phi) is 3.82. The van der Waals surface area contributed by atoms with E-state index in [4.69, 9.17) is 0 Å². The SMILES string of the molecule is C=CCCCC(=O)c1cnccn1. The molecule has 1 heterocycles. The second kappa shape index (κ2) is 5.19. The topological polar surface area (TPSA) is 42.9 Å². The Bertz CT molecular complexity index is 282. The summed E-state index contributed by atoms with van der Waals surface area (Å²) in [6.45, 7) is 3.59. The molecular weight excluding hydrogens is 164 g/mol. The molecule has 0 unspecified atom stereocenters. The standard InChI is InChI=1S/C10H12N2O/c1-2-3-4-5-10(13)9-8-11-6-7-12-9/h2,6-8H,1,3-5H2. The second-order valence-electron chi connectivity index (χ2n) is 2.69. The maximum atomic E-state index is 11.4. The van der Waals surface area contributed by atoms with Gasteiger partial charge in [-0.3, -0.25) is 9.78 Å². The Hall–Kier alpha value is -1.51. The van der Waals surface area contributed by atoms with Gasteiger partial charge < -0.3 is 0 Å². The van der Waals surface area contributed by atoms with E-state index in [-0.39, 0.29) is 5.78 Å².